The summed E-state index contributed by atoms with van der Waals surface area (Å²) in [6.07, 6.45) is 1.51. The maximum Gasteiger partial charge on any atom is 0.267 e. The van der Waals surface area contributed by atoms with Gasteiger partial charge in [0, 0.05) is 17.4 Å². The van der Waals surface area contributed by atoms with Crippen molar-refractivity contribution >= 4 is 29.2 Å². The fourth-order valence-electron chi connectivity index (χ4n) is 2.95. The van der Waals surface area contributed by atoms with Crippen molar-refractivity contribution in [2.45, 2.75) is 0 Å². The predicted octanol–water partition coefficient (Wildman–Crippen LogP) is 3.14. The van der Waals surface area contributed by atoms with Crippen LogP contribution in [0.3, 0.4) is 0 Å². The van der Waals surface area contributed by atoms with Gasteiger partial charge in [-0.25, -0.2) is 9.88 Å². The molecule has 2 heterocycles. The molecular formula is C21H15N3O4. The van der Waals surface area contributed by atoms with Crippen LogP contribution in [-0.2, 0) is 0 Å². The first-order valence-corrected chi connectivity index (χ1v) is 8.48. The summed E-state index contributed by atoms with van der Waals surface area (Å²) in [4.78, 5) is 42.9. The molecule has 28 heavy (non-hydrogen) atoms. The number of methoxy groups -OCH3 is 1. The number of hydrogen-bond acceptors (Lipinski definition) is 5. The Labute approximate surface area is 160 Å². The zero-order valence-electron chi connectivity index (χ0n) is 14.9. The van der Waals surface area contributed by atoms with Gasteiger partial charge in [-0.1, -0.05) is 6.07 Å². The van der Waals surface area contributed by atoms with Crippen LogP contribution in [0.4, 0.5) is 11.5 Å². The molecule has 138 valence electrons. The molecule has 3 amide bonds. The number of nitrogens with zero attached hydrogens (tertiary/aromatic N) is 2. The quantitative estimate of drug-likeness (QED) is 0.710. The second-order valence-corrected chi connectivity index (χ2v) is 6.08. The minimum absolute atomic E-state index is 0.179. The molecule has 0 fully saturated rings. The molecule has 0 spiro atoms. The third-order valence-electron chi connectivity index (χ3n) is 4.38. The van der Waals surface area contributed by atoms with Crippen molar-refractivity contribution in [1.29, 1.82) is 0 Å². The van der Waals surface area contributed by atoms with Crippen LogP contribution >= 0.6 is 0 Å². The second-order valence-electron chi connectivity index (χ2n) is 6.08. The van der Waals surface area contributed by atoms with Crippen molar-refractivity contribution in [2.24, 2.45) is 0 Å². The lowest BCUT2D eigenvalue weighted by Crippen LogP contribution is -2.30. The SMILES string of the molecule is COc1ccc(NC(=O)c2ccc3c(c2)C(=O)N(c2ccccn2)C3=O)cc1. The zero-order chi connectivity index (χ0) is 19.7. The Kier molecular flexibility index (Phi) is 4.33. The third-order valence-corrected chi connectivity index (χ3v) is 4.38. The van der Waals surface area contributed by atoms with Gasteiger partial charge in [-0.3, -0.25) is 14.4 Å². The van der Waals surface area contributed by atoms with Crippen molar-refractivity contribution in [3.8, 4) is 5.75 Å². The van der Waals surface area contributed by atoms with Crippen LogP contribution in [0.25, 0.3) is 0 Å². The Balaban J connectivity index is 1.60. The van der Waals surface area contributed by atoms with Crippen molar-refractivity contribution < 1.29 is 19.1 Å². The van der Waals surface area contributed by atoms with Crippen LogP contribution in [-0.4, -0.2) is 29.8 Å². The lowest BCUT2D eigenvalue weighted by molar-refractivity contribution is 0.0924. The van der Waals surface area contributed by atoms with E-state index in [-0.39, 0.29) is 28.4 Å². The van der Waals surface area contributed by atoms with Crippen LogP contribution in [0, 0.1) is 0 Å². The van der Waals surface area contributed by atoms with Gasteiger partial charge in [0.05, 0.1) is 18.2 Å². The van der Waals surface area contributed by atoms with Crippen LogP contribution < -0.4 is 15.0 Å². The number of carbonyl (C=O) groups is 3. The maximum absolute atomic E-state index is 12.7. The van der Waals surface area contributed by atoms with E-state index in [1.165, 1.54) is 24.4 Å². The second kappa shape index (κ2) is 6.96. The highest BCUT2D eigenvalue weighted by molar-refractivity contribution is 6.34. The number of hydrogen-bond donors (Lipinski definition) is 1. The maximum atomic E-state index is 12.7. The molecule has 0 unspecified atom stereocenters. The van der Waals surface area contributed by atoms with Crippen LogP contribution in [0.15, 0.2) is 66.9 Å². The first-order valence-electron chi connectivity index (χ1n) is 8.48. The largest absolute Gasteiger partial charge is 0.497 e. The van der Waals surface area contributed by atoms with Gasteiger partial charge in [-0.05, 0) is 54.6 Å². The van der Waals surface area contributed by atoms with Crippen LogP contribution in [0.1, 0.15) is 31.1 Å². The number of aromatic nitrogens is 1. The molecule has 2 aromatic carbocycles. The van der Waals surface area contributed by atoms with E-state index in [0.717, 1.165) is 4.90 Å². The number of amides is 3. The first-order chi connectivity index (χ1) is 13.6. The van der Waals surface area contributed by atoms with Crippen molar-refractivity contribution in [3.05, 3.63) is 83.6 Å². The Morgan fingerprint density at radius 1 is 0.964 bits per heavy atom. The molecule has 7 nitrogen and oxygen atoms in total. The van der Waals surface area contributed by atoms with E-state index in [1.807, 2.05) is 0 Å². The average Bonchev–Trinajstić information content (AvgIpc) is 2.99. The van der Waals surface area contributed by atoms with E-state index >= 15 is 0 Å². The molecule has 0 atom stereocenters. The average molecular weight is 373 g/mol. The van der Waals surface area contributed by atoms with E-state index in [9.17, 15) is 14.4 Å². The van der Waals surface area contributed by atoms with Gasteiger partial charge < -0.3 is 10.1 Å². The van der Waals surface area contributed by atoms with Gasteiger partial charge in [0.2, 0.25) is 0 Å². The summed E-state index contributed by atoms with van der Waals surface area (Å²) < 4.78 is 5.09. The van der Waals surface area contributed by atoms with Gasteiger partial charge in [-0.2, -0.15) is 0 Å². The molecular weight excluding hydrogens is 358 g/mol. The third kappa shape index (κ3) is 2.99. The number of nitrogens with one attached hydrogen (secondary N) is 1. The van der Waals surface area contributed by atoms with Gasteiger partial charge in [0.1, 0.15) is 11.6 Å². The van der Waals surface area contributed by atoms with Gasteiger partial charge in [0.15, 0.2) is 0 Å². The molecule has 7 heteroatoms. The molecule has 1 aliphatic rings. The predicted molar refractivity (Wildman–Crippen MR) is 103 cm³/mol. The normalized spacial score (nSPS) is 12.7. The van der Waals surface area contributed by atoms with E-state index in [4.69, 9.17) is 4.74 Å². The molecule has 0 radical (unpaired) electrons. The first kappa shape index (κ1) is 17.4. The zero-order valence-corrected chi connectivity index (χ0v) is 14.9. The van der Waals surface area contributed by atoms with Crippen molar-refractivity contribution in [3.63, 3.8) is 0 Å². The van der Waals surface area contributed by atoms with Crippen molar-refractivity contribution in [1.82, 2.24) is 4.98 Å². The van der Waals surface area contributed by atoms with Crippen LogP contribution in [0.2, 0.25) is 0 Å². The summed E-state index contributed by atoms with van der Waals surface area (Å²) in [5, 5.41) is 2.75. The van der Waals surface area contributed by atoms with Gasteiger partial charge in [-0.15, -0.1) is 0 Å². The monoisotopic (exact) mass is 373 g/mol. The van der Waals surface area contributed by atoms with Gasteiger partial charge >= 0.3 is 0 Å². The highest BCUT2D eigenvalue weighted by Crippen LogP contribution is 2.28. The van der Waals surface area contributed by atoms with E-state index in [0.29, 0.717) is 11.4 Å². The fourth-order valence-corrected chi connectivity index (χ4v) is 2.95. The number of carbonyl (C=O) groups excluding carboxylic acids is 3. The fraction of sp³-hybridized carbons (Fsp3) is 0.0476. The number of pyridine rings is 1. The molecule has 1 aromatic heterocycles. The highest BCUT2D eigenvalue weighted by atomic mass is 16.5. The smallest absolute Gasteiger partial charge is 0.267 e. The summed E-state index contributed by atoms with van der Waals surface area (Å²) in [5.41, 5.74) is 1.29. The van der Waals surface area contributed by atoms with E-state index < -0.39 is 11.8 Å². The van der Waals surface area contributed by atoms with E-state index in [2.05, 4.69) is 10.3 Å². The van der Waals surface area contributed by atoms with Gasteiger partial charge in [0.25, 0.3) is 17.7 Å². The molecule has 1 aliphatic heterocycles. The van der Waals surface area contributed by atoms with Crippen molar-refractivity contribution in [2.75, 3.05) is 17.3 Å². The lowest BCUT2D eigenvalue weighted by Gasteiger charge is -2.11. The van der Waals surface area contributed by atoms with Crippen LogP contribution in [0.5, 0.6) is 5.75 Å². The Bertz CT molecular complexity index is 1080. The molecule has 3 aromatic rings. The summed E-state index contributed by atoms with van der Waals surface area (Å²) in [7, 11) is 1.56. The number of benzene rings is 2. The summed E-state index contributed by atoms with van der Waals surface area (Å²) in [5.74, 6) is -0.421. The number of fused-ring (bicyclic) bond motifs is 1. The summed E-state index contributed by atoms with van der Waals surface area (Å²) in [6.45, 7) is 0. The molecule has 0 saturated carbocycles. The lowest BCUT2D eigenvalue weighted by atomic mass is 10.1. The summed E-state index contributed by atoms with van der Waals surface area (Å²) >= 11 is 0. The molecule has 0 aliphatic carbocycles. The molecule has 0 bridgehead atoms. The minimum atomic E-state index is -0.502. The number of imide groups is 1. The number of rotatable bonds is 4. The Hall–Kier alpha value is -4.00. The Morgan fingerprint density at radius 3 is 2.39 bits per heavy atom. The minimum Gasteiger partial charge on any atom is -0.497 e. The molecule has 4 rings (SSSR count). The molecule has 0 saturated heterocycles. The summed E-state index contributed by atoms with van der Waals surface area (Å²) in [6, 6.07) is 16.3. The topological polar surface area (TPSA) is 88.6 Å². The highest BCUT2D eigenvalue weighted by Gasteiger charge is 2.37. The standard InChI is InChI=1S/C21H15N3O4/c1-28-15-8-6-14(7-9-15)23-19(25)13-5-10-16-17(12-13)21(27)24(20(16)26)18-4-2-3-11-22-18/h2-12H,1H3,(H,23,25). The Morgan fingerprint density at radius 2 is 1.71 bits per heavy atom. The number of ether oxygens (including phenoxy) is 1. The van der Waals surface area contributed by atoms with E-state index in [1.54, 1.807) is 49.6 Å². The number of anilines is 2. The molecule has 1 N–H and O–H groups in total.